The lowest BCUT2D eigenvalue weighted by atomic mass is 10.2. The highest BCUT2D eigenvalue weighted by Gasteiger charge is 2.25. The summed E-state index contributed by atoms with van der Waals surface area (Å²) >= 11 is 0. The van der Waals surface area contributed by atoms with Gasteiger partial charge in [-0.1, -0.05) is 18.2 Å². The summed E-state index contributed by atoms with van der Waals surface area (Å²) in [6.07, 6.45) is 1.59. The fourth-order valence-electron chi connectivity index (χ4n) is 2.57. The molecule has 4 nitrogen and oxygen atoms in total. The summed E-state index contributed by atoms with van der Waals surface area (Å²) in [5, 5.41) is 19.3. The van der Waals surface area contributed by atoms with Crippen LogP contribution in [0.2, 0.25) is 0 Å². The summed E-state index contributed by atoms with van der Waals surface area (Å²) in [4.78, 5) is 2.14. The van der Waals surface area contributed by atoms with Crippen LogP contribution in [0.1, 0.15) is 18.4 Å². The molecule has 1 saturated heterocycles. The molecule has 1 aliphatic heterocycles. The zero-order valence-corrected chi connectivity index (χ0v) is 11.5. The largest absolute Gasteiger partial charge is 0.491 e. The predicted octanol–water partition coefficient (Wildman–Crippen LogP) is 1.19. The van der Waals surface area contributed by atoms with E-state index in [2.05, 4.69) is 4.90 Å². The standard InChI is InChI=1S/C15H23NO3/c1-12-5-2-3-7-15(12)19-11-14(18)9-16-8-4-6-13(16)10-17/h2-3,5,7,13-14,17-18H,4,6,8-11H2,1H3/t13-,14-/m1/s1. The summed E-state index contributed by atoms with van der Waals surface area (Å²) in [5.74, 6) is 0.821. The maximum Gasteiger partial charge on any atom is 0.122 e. The van der Waals surface area contributed by atoms with Crippen LogP contribution in [0.25, 0.3) is 0 Å². The van der Waals surface area contributed by atoms with E-state index in [4.69, 9.17) is 4.74 Å². The Bertz CT molecular complexity index is 397. The summed E-state index contributed by atoms with van der Waals surface area (Å²) in [5.41, 5.74) is 1.07. The van der Waals surface area contributed by atoms with E-state index in [-0.39, 0.29) is 12.6 Å². The van der Waals surface area contributed by atoms with Gasteiger partial charge in [-0.15, -0.1) is 0 Å². The topological polar surface area (TPSA) is 52.9 Å². The van der Waals surface area contributed by atoms with Crippen molar-refractivity contribution in [2.24, 2.45) is 0 Å². The Kier molecular flexibility index (Phi) is 5.19. The first-order chi connectivity index (χ1) is 9.20. The Morgan fingerprint density at radius 3 is 2.95 bits per heavy atom. The van der Waals surface area contributed by atoms with Crippen LogP contribution in [0.3, 0.4) is 0 Å². The second-order valence-electron chi connectivity index (χ2n) is 5.20. The third-order valence-corrected chi connectivity index (χ3v) is 3.68. The molecule has 106 valence electrons. The zero-order chi connectivity index (χ0) is 13.7. The van der Waals surface area contributed by atoms with Crippen LogP contribution in [0.4, 0.5) is 0 Å². The fourth-order valence-corrected chi connectivity index (χ4v) is 2.57. The second kappa shape index (κ2) is 6.89. The Morgan fingerprint density at radius 1 is 1.42 bits per heavy atom. The van der Waals surface area contributed by atoms with Crippen LogP contribution >= 0.6 is 0 Å². The minimum atomic E-state index is -0.522. The first kappa shape index (κ1) is 14.3. The fraction of sp³-hybridized carbons (Fsp3) is 0.600. The molecule has 1 fully saturated rings. The van der Waals surface area contributed by atoms with Crippen molar-refractivity contribution in [2.75, 3.05) is 26.3 Å². The minimum absolute atomic E-state index is 0.172. The number of rotatable bonds is 6. The van der Waals surface area contributed by atoms with Crippen molar-refractivity contribution in [3.8, 4) is 5.75 Å². The van der Waals surface area contributed by atoms with Gasteiger partial charge in [0.25, 0.3) is 0 Å². The van der Waals surface area contributed by atoms with Gasteiger partial charge in [0.1, 0.15) is 18.5 Å². The third kappa shape index (κ3) is 3.93. The highest BCUT2D eigenvalue weighted by atomic mass is 16.5. The molecule has 2 rings (SSSR count). The number of likely N-dealkylation sites (tertiary alicyclic amines) is 1. The molecule has 0 aromatic heterocycles. The molecule has 1 aromatic rings. The number of aliphatic hydroxyl groups excluding tert-OH is 2. The van der Waals surface area contributed by atoms with Gasteiger partial charge in [0.15, 0.2) is 0 Å². The van der Waals surface area contributed by atoms with Gasteiger partial charge in [-0.2, -0.15) is 0 Å². The van der Waals surface area contributed by atoms with Crippen molar-refractivity contribution in [1.29, 1.82) is 0 Å². The Hall–Kier alpha value is -1.10. The van der Waals surface area contributed by atoms with Crippen molar-refractivity contribution < 1.29 is 14.9 Å². The molecule has 2 N–H and O–H groups in total. The van der Waals surface area contributed by atoms with Gasteiger partial charge in [0.05, 0.1) is 6.61 Å². The van der Waals surface area contributed by atoms with E-state index in [1.165, 1.54) is 0 Å². The van der Waals surface area contributed by atoms with E-state index < -0.39 is 6.10 Å². The molecule has 0 bridgehead atoms. The lowest BCUT2D eigenvalue weighted by Gasteiger charge is -2.25. The summed E-state index contributed by atoms with van der Waals surface area (Å²) in [6, 6.07) is 8.00. The molecule has 0 radical (unpaired) electrons. The van der Waals surface area contributed by atoms with Crippen LogP contribution in [-0.2, 0) is 0 Å². The van der Waals surface area contributed by atoms with Crippen LogP contribution < -0.4 is 4.74 Å². The second-order valence-corrected chi connectivity index (χ2v) is 5.20. The van der Waals surface area contributed by atoms with Gasteiger partial charge in [-0.05, 0) is 37.9 Å². The number of aliphatic hydroxyl groups is 2. The predicted molar refractivity (Wildman–Crippen MR) is 74.4 cm³/mol. The van der Waals surface area contributed by atoms with E-state index in [9.17, 15) is 10.2 Å². The molecule has 1 heterocycles. The molecule has 4 heteroatoms. The number of para-hydroxylation sites is 1. The number of nitrogens with zero attached hydrogens (tertiary/aromatic N) is 1. The molecule has 1 aliphatic rings. The van der Waals surface area contributed by atoms with Crippen molar-refractivity contribution in [1.82, 2.24) is 4.90 Å². The van der Waals surface area contributed by atoms with Crippen LogP contribution in [-0.4, -0.2) is 53.6 Å². The third-order valence-electron chi connectivity index (χ3n) is 3.68. The molecule has 2 atom stereocenters. The Balaban J connectivity index is 1.78. The summed E-state index contributed by atoms with van der Waals surface area (Å²) < 4.78 is 5.64. The first-order valence-electron chi connectivity index (χ1n) is 6.92. The Labute approximate surface area is 114 Å². The number of aryl methyl sites for hydroxylation is 1. The van der Waals surface area contributed by atoms with Crippen molar-refractivity contribution in [2.45, 2.75) is 31.9 Å². The Morgan fingerprint density at radius 2 is 2.21 bits per heavy atom. The van der Waals surface area contributed by atoms with Gasteiger partial charge in [0, 0.05) is 12.6 Å². The van der Waals surface area contributed by atoms with Gasteiger partial charge in [-0.3, -0.25) is 4.90 Å². The average molecular weight is 265 g/mol. The van der Waals surface area contributed by atoms with Crippen molar-refractivity contribution in [3.63, 3.8) is 0 Å². The zero-order valence-electron chi connectivity index (χ0n) is 11.5. The molecule has 0 saturated carbocycles. The number of β-amino-alcohol motifs (C(OH)–C–C–N with tert-alkyl or cyclic N) is 1. The van der Waals surface area contributed by atoms with Crippen LogP contribution in [0.15, 0.2) is 24.3 Å². The van der Waals surface area contributed by atoms with E-state index >= 15 is 0 Å². The normalized spacial score (nSPS) is 21.5. The monoisotopic (exact) mass is 265 g/mol. The van der Waals surface area contributed by atoms with Crippen LogP contribution in [0.5, 0.6) is 5.75 Å². The quantitative estimate of drug-likeness (QED) is 0.811. The van der Waals surface area contributed by atoms with Gasteiger partial charge < -0.3 is 14.9 Å². The SMILES string of the molecule is Cc1ccccc1OC[C@H](O)CN1CCC[C@@H]1CO. The highest BCUT2D eigenvalue weighted by molar-refractivity contribution is 5.31. The lowest BCUT2D eigenvalue weighted by molar-refractivity contribution is 0.0531. The molecule has 0 amide bonds. The highest BCUT2D eigenvalue weighted by Crippen LogP contribution is 2.18. The van der Waals surface area contributed by atoms with Crippen molar-refractivity contribution in [3.05, 3.63) is 29.8 Å². The molecule has 19 heavy (non-hydrogen) atoms. The first-order valence-corrected chi connectivity index (χ1v) is 6.92. The maximum absolute atomic E-state index is 10.0. The van der Waals surface area contributed by atoms with Crippen LogP contribution in [0, 0.1) is 6.92 Å². The average Bonchev–Trinajstić information content (AvgIpc) is 2.85. The molecule has 1 aromatic carbocycles. The number of ether oxygens (including phenoxy) is 1. The molecule has 0 spiro atoms. The number of hydrogen-bond acceptors (Lipinski definition) is 4. The number of hydrogen-bond donors (Lipinski definition) is 2. The summed E-state index contributed by atoms with van der Waals surface area (Å²) in [7, 11) is 0. The van der Waals surface area contributed by atoms with Gasteiger partial charge in [-0.25, -0.2) is 0 Å². The molecule has 0 aliphatic carbocycles. The summed E-state index contributed by atoms with van der Waals surface area (Å²) in [6.45, 7) is 3.97. The van der Waals surface area contributed by atoms with E-state index in [1.54, 1.807) is 0 Å². The van der Waals surface area contributed by atoms with E-state index in [0.717, 1.165) is 30.7 Å². The lowest BCUT2D eigenvalue weighted by Crippen LogP contribution is -2.40. The van der Waals surface area contributed by atoms with Crippen molar-refractivity contribution >= 4 is 0 Å². The van der Waals surface area contributed by atoms with E-state index in [0.29, 0.717) is 13.2 Å². The number of benzene rings is 1. The molecular weight excluding hydrogens is 242 g/mol. The maximum atomic E-state index is 10.0. The smallest absolute Gasteiger partial charge is 0.122 e. The van der Waals surface area contributed by atoms with E-state index in [1.807, 2.05) is 31.2 Å². The molecule has 0 unspecified atom stereocenters. The minimum Gasteiger partial charge on any atom is -0.491 e. The van der Waals surface area contributed by atoms with Gasteiger partial charge in [0.2, 0.25) is 0 Å². The molecular formula is C15H23NO3. The van der Waals surface area contributed by atoms with Gasteiger partial charge >= 0.3 is 0 Å².